The van der Waals surface area contributed by atoms with E-state index in [1.165, 1.54) is 23.9 Å². The lowest BCUT2D eigenvalue weighted by atomic mass is 11.3. The molecule has 0 atom stereocenters. The van der Waals surface area contributed by atoms with Crippen LogP contribution in [0.3, 0.4) is 0 Å². The largest absolute Gasteiger partial charge is 0.0970 e. The highest BCUT2D eigenvalue weighted by atomic mass is 35.5. The number of hydrogen-bond donors (Lipinski definition) is 0. The summed E-state index contributed by atoms with van der Waals surface area (Å²) in [5, 5.41) is 3.86. The molecule has 0 saturated carbocycles. The lowest BCUT2D eigenvalue weighted by molar-refractivity contribution is 1.29. The summed E-state index contributed by atoms with van der Waals surface area (Å²) in [5.41, 5.74) is 0. The molecule has 1 heterocycles. The van der Waals surface area contributed by atoms with Crippen molar-refractivity contribution in [1.29, 1.82) is 0 Å². The average Bonchev–Trinajstić information content (AvgIpc) is 1.86. The maximum absolute atomic E-state index is 5.41. The van der Waals surface area contributed by atoms with Gasteiger partial charge in [0.15, 0.2) is 0 Å². The number of rotatable bonds is 0. The molecule has 0 radical (unpaired) electrons. The van der Waals surface area contributed by atoms with Gasteiger partial charge in [-0.15, -0.1) is 0 Å². The maximum Gasteiger partial charge on any atom is 0.00243 e. The van der Waals surface area contributed by atoms with Crippen LogP contribution < -0.4 is 0 Å². The second-order valence-corrected chi connectivity index (χ2v) is 3.36. The average molecular weight is 140 g/mol. The summed E-state index contributed by atoms with van der Waals surface area (Å²) in [4.78, 5) is 0. The summed E-state index contributed by atoms with van der Waals surface area (Å²) < 4.78 is 1.56. The maximum atomic E-state index is 5.41. The Kier molecular flexibility index (Phi) is 1.71. The molecule has 1 rings (SSSR count). The minimum absolute atomic E-state index is 1.48. The van der Waals surface area contributed by atoms with Crippen molar-refractivity contribution in [2.24, 2.45) is 0 Å². The first-order chi connectivity index (χ1) is 2.89. The van der Waals surface area contributed by atoms with E-state index < -0.39 is 0 Å². The van der Waals surface area contributed by atoms with Crippen molar-refractivity contribution in [3.63, 3.8) is 0 Å². The van der Waals surface area contributed by atoms with Crippen molar-refractivity contribution in [3.05, 3.63) is 10.8 Å². The number of halogens is 1. The van der Waals surface area contributed by atoms with Crippen molar-refractivity contribution in [2.45, 2.75) is 0 Å². The SMILES string of the molecule is ClN1SC=CS1. The van der Waals surface area contributed by atoms with Gasteiger partial charge in [-0.3, -0.25) is 0 Å². The third-order valence-corrected chi connectivity index (χ3v) is 2.36. The van der Waals surface area contributed by atoms with E-state index in [0.29, 0.717) is 0 Å². The second kappa shape index (κ2) is 2.12. The zero-order chi connectivity index (χ0) is 4.41. The molecule has 0 aliphatic carbocycles. The van der Waals surface area contributed by atoms with Crippen LogP contribution in [0.5, 0.6) is 0 Å². The van der Waals surface area contributed by atoms with Crippen LogP contribution in [-0.2, 0) is 0 Å². The summed E-state index contributed by atoms with van der Waals surface area (Å²) in [6.45, 7) is 0. The van der Waals surface area contributed by atoms with Crippen molar-refractivity contribution < 1.29 is 0 Å². The zero-order valence-corrected chi connectivity index (χ0v) is 5.19. The van der Waals surface area contributed by atoms with E-state index in [-0.39, 0.29) is 0 Å². The van der Waals surface area contributed by atoms with Crippen molar-refractivity contribution in [2.75, 3.05) is 0 Å². The molecule has 1 aliphatic rings. The highest BCUT2D eigenvalue weighted by Gasteiger charge is 2.00. The fraction of sp³-hybridized carbons (Fsp3) is 0. The molecule has 0 aromatic heterocycles. The van der Waals surface area contributed by atoms with Crippen LogP contribution in [0.4, 0.5) is 0 Å². The van der Waals surface area contributed by atoms with E-state index in [1.54, 1.807) is 3.23 Å². The summed E-state index contributed by atoms with van der Waals surface area (Å²) >= 11 is 8.37. The van der Waals surface area contributed by atoms with Gasteiger partial charge in [-0.05, 0) is 34.7 Å². The first kappa shape index (κ1) is 4.84. The van der Waals surface area contributed by atoms with Gasteiger partial charge in [0.1, 0.15) is 0 Å². The fourth-order valence-electron chi connectivity index (χ4n) is 0.170. The van der Waals surface area contributed by atoms with Crippen LogP contribution in [0.15, 0.2) is 10.8 Å². The Bertz CT molecular complexity index is 65.9. The molecule has 1 aliphatic heterocycles. The van der Waals surface area contributed by atoms with E-state index in [0.717, 1.165) is 0 Å². The summed E-state index contributed by atoms with van der Waals surface area (Å²) in [6.07, 6.45) is 0. The number of hydrogen-bond acceptors (Lipinski definition) is 3. The van der Waals surface area contributed by atoms with E-state index in [1.807, 2.05) is 10.8 Å². The Morgan fingerprint density at radius 2 is 1.83 bits per heavy atom. The van der Waals surface area contributed by atoms with Crippen LogP contribution in [0.1, 0.15) is 0 Å². The van der Waals surface area contributed by atoms with Gasteiger partial charge in [-0.25, -0.2) is 0 Å². The predicted molar refractivity (Wildman–Crippen MR) is 32.0 cm³/mol. The quantitative estimate of drug-likeness (QED) is 0.374. The first-order valence-electron chi connectivity index (χ1n) is 1.34. The molecule has 0 spiro atoms. The third kappa shape index (κ3) is 1.08. The van der Waals surface area contributed by atoms with Crippen LogP contribution in [-0.4, -0.2) is 3.23 Å². The molecule has 0 unspecified atom stereocenters. The van der Waals surface area contributed by atoms with Gasteiger partial charge in [0.25, 0.3) is 0 Å². The fourth-order valence-corrected chi connectivity index (χ4v) is 1.53. The molecule has 0 fully saturated rings. The molecule has 6 heavy (non-hydrogen) atoms. The molecule has 0 aromatic rings. The third-order valence-electron chi connectivity index (χ3n) is 0.343. The Balaban J connectivity index is 2.32. The van der Waals surface area contributed by atoms with Crippen molar-refractivity contribution >= 4 is 35.7 Å². The minimum Gasteiger partial charge on any atom is -0.0970 e. The molecule has 1 nitrogen and oxygen atoms in total. The Hall–Kier alpha value is 0.690. The summed E-state index contributed by atoms with van der Waals surface area (Å²) in [5.74, 6) is 0. The van der Waals surface area contributed by atoms with E-state index in [2.05, 4.69) is 0 Å². The molecular formula is C2H2ClNS2. The first-order valence-corrected chi connectivity index (χ1v) is 3.35. The van der Waals surface area contributed by atoms with Crippen LogP contribution in [0, 0.1) is 0 Å². The van der Waals surface area contributed by atoms with Gasteiger partial charge in [0.05, 0.1) is 0 Å². The van der Waals surface area contributed by atoms with Crippen LogP contribution >= 0.6 is 35.7 Å². The standard InChI is InChI=1S/C2H2ClNS2/c3-4-5-1-2-6-4/h1-2H. The molecule has 0 amide bonds. The lowest BCUT2D eigenvalue weighted by Crippen LogP contribution is -1.73. The molecule has 34 valence electrons. The zero-order valence-electron chi connectivity index (χ0n) is 2.80. The van der Waals surface area contributed by atoms with Crippen molar-refractivity contribution in [3.8, 4) is 0 Å². The van der Waals surface area contributed by atoms with Gasteiger partial charge < -0.3 is 0 Å². The van der Waals surface area contributed by atoms with E-state index >= 15 is 0 Å². The second-order valence-electron chi connectivity index (χ2n) is 0.696. The Labute approximate surface area is 50.1 Å². The highest BCUT2D eigenvalue weighted by Crippen LogP contribution is 2.32. The van der Waals surface area contributed by atoms with E-state index in [9.17, 15) is 0 Å². The van der Waals surface area contributed by atoms with E-state index in [4.69, 9.17) is 11.8 Å². The van der Waals surface area contributed by atoms with Gasteiger partial charge >= 0.3 is 0 Å². The smallest absolute Gasteiger partial charge is 0.00243 e. The summed E-state index contributed by atoms with van der Waals surface area (Å²) in [6, 6.07) is 0. The Morgan fingerprint density at radius 1 is 1.33 bits per heavy atom. The highest BCUT2D eigenvalue weighted by molar-refractivity contribution is 8.18. The van der Waals surface area contributed by atoms with Gasteiger partial charge in [0.2, 0.25) is 0 Å². The van der Waals surface area contributed by atoms with Gasteiger partial charge in [0, 0.05) is 11.8 Å². The van der Waals surface area contributed by atoms with Gasteiger partial charge in [-0.2, -0.15) is 0 Å². The van der Waals surface area contributed by atoms with Gasteiger partial charge in [-0.1, -0.05) is 3.23 Å². The molecule has 0 N–H and O–H groups in total. The molecule has 0 saturated heterocycles. The molecule has 0 aromatic carbocycles. The monoisotopic (exact) mass is 139 g/mol. The molecule has 4 heteroatoms. The molecule has 0 bridgehead atoms. The minimum atomic E-state index is 1.48. The van der Waals surface area contributed by atoms with Crippen LogP contribution in [0.2, 0.25) is 0 Å². The van der Waals surface area contributed by atoms with Crippen molar-refractivity contribution in [1.82, 2.24) is 3.23 Å². The molecular weight excluding hydrogens is 138 g/mol. The normalized spacial score (nSPS) is 22.8. The predicted octanol–water partition coefficient (Wildman–Crippen LogP) is 2.22. The summed E-state index contributed by atoms with van der Waals surface area (Å²) in [7, 11) is 0. The Morgan fingerprint density at radius 3 is 2.00 bits per heavy atom. The lowest BCUT2D eigenvalue weighted by Gasteiger charge is -1.93. The van der Waals surface area contributed by atoms with Crippen LogP contribution in [0.25, 0.3) is 0 Å². The number of nitrogens with zero attached hydrogens (tertiary/aromatic N) is 1. The topological polar surface area (TPSA) is 3.24 Å².